The van der Waals surface area contributed by atoms with Gasteiger partial charge in [0.2, 0.25) is 0 Å². The molecule has 0 amide bonds. The first kappa shape index (κ1) is 12.4. The molecule has 1 aromatic carbocycles. The largest absolute Gasteiger partial charge is 0.496 e. The number of hydrogen-bond donors (Lipinski definition) is 1. The normalized spacial score (nSPS) is 11.6. The summed E-state index contributed by atoms with van der Waals surface area (Å²) in [6.45, 7) is 3.34. The molecule has 0 spiro atoms. The Bertz CT molecular complexity index is 369. The van der Waals surface area contributed by atoms with Crippen molar-refractivity contribution in [2.24, 2.45) is 5.90 Å². The van der Waals surface area contributed by atoms with Crippen LogP contribution >= 0.6 is 15.9 Å². The van der Waals surface area contributed by atoms with E-state index < -0.39 is 11.4 Å². The number of rotatable bonds is 3. The number of ether oxygens (including phenoxy) is 1. The van der Waals surface area contributed by atoms with Gasteiger partial charge < -0.3 is 4.74 Å². The molecule has 0 aliphatic rings. The van der Waals surface area contributed by atoms with Crippen molar-refractivity contribution < 1.29 is 14.0 Å². The van der Waals surface area contributed by atoms with Gasteiger partial charge in [-0.2, -0.15) is 0 Å². The summed E-state index contributed by atoms with van der Waals surface area (Å²) in [5.74, 6) is 5.12. The van der Waals surface area contributed by atoms with Gasteiger partial charge in [0.15, 0.2) is 0 Å². The fraction of sp³-hybridized carbons (Fsp3) is 0.400. The van der Waals surface area contributed by atoms with Gasteiger partial charge in [-0.15, -0.1) is 0 Å². The Morgan fingerprint density at radius 2 is 2.00 bits per heavy atom. The van der Waals surface area contributed by atoms with Gasteiger partial charge in [0.05, 0.1) is 12.7 Å². The van der Waals surface area contributed by atoms with Crippen LogP contribution in [0.1, 0.15) is 19.4 Å². The summed E-state index contributed by atoms with van der Waals surface area (Å²) in [4.78, 5) is 4.75. The third kappa shape index (κ3) is 2.48. The zero-order valence-corrected chi connectivity index (χ0v) is 10.4. The van der Waals surface area contributed by atoms with E-state index in [0.29, 0.717) is 15.8 Å². The molecule has 1 rings (SSSR count). The fourth-order valence-corrected chi connectivity index (χ4v) is 1.76. The zero-order valence-electron chi connectivity index (χ0n) is 8.80. The standard InChI is InChI=1S/C10H13BrFNO2/c1-10(2,15-13)9-7(12)4-6(11)5-8(9)14-3/h4-5H,13H2,1-3H3. The summed E-state index contributed by atoms with van der Waals surface area (Å²) in [6.07, 6.45) is 0. The quantitative estimate of drug-likeness (QED) is 0.864. The van der Waals surface area contributed by atoms with Crippen LogP contribution in [-0.4, -0.2) is 7.11 Å². The minimum Gasteiger partial charge on any atom is -0.496 e. The fourth-order valence-electron chi connectivity index (χ4n) is 1.35. The summed E-state index contributed by atoms with van der Waals surface area (Å²) >= 11 is 3.18. The first-order valence-electron chi connectivity index (χ1n) is 4.33. The lowest BCUT2D eigenvalue weighted by Crippen LogP contribution is -2.27. The summed E-state index contributed by atoms with van der Waals surface area (Å²) in [6, 6.07) is 3.01. The molecule has 84 valence electrons. The monoisotopic (exact) mass is 277 g/mol. The first-order chi connectivity index (χ1) is 6.92. The maximum atomic E-state index is 13.7. The molecule has 0 radical (unpaired) electrons. The van der Waals surface area contributed by atoms with Crippen molar-refractivity contribution in [3.63, 3.8) is 0 Å². The van der Waals surface area contributed by atoms with Crippen LogP contribution < -0.4 is 10.6 Å². The van der Waals surface area contributed by atoms with Gasteiger partial charge in [-0.3, -0.25) is 4.84 Å². The highest BCUT2D eigenvalue weighted by Gasteiger charge is 2.29. The van der Waals surface area contributed by atoms with Crippen molar-refractivity contribution >= 4 is 15.9 Å². The molecule has 0 atom stereocenters. The van der Waals surface area contributed by atoms with E-state index in [1.807, 2.05) is 0 Å². The molecule has 15 heavy (non-hydrogen) atoms. The minimum absolute atomic E-state index is 0.302. The number of nitrogens with two attached hydrogens (primary N) is 1. The average molecular weight is 278 g/mol. The van der Waals surface area contributed by atoms with Crippen molar-refractivity contribution in [2.45, 2.75) is 19.4 Å². The predicted molar refractivity (Wildman–Crippen MR) is 59.0 cm³/mol. The first-order valence-corrected chi connectivity index (χ1v) is 5.13. The highest BCUT2D eigenvalue weighted by atomic mass is 79.9. The Kier molecular flexibility index (Phi) is 3.70. The molecule has 0 fully saturated rings. The van der Waals surface area contributed by atoms with E-state index in [1.54, 1.807) is 19.9 Å². The smallest absolute Gasteiger partial charge is 0.134 e. The van der Waals surface area contributed by atoms with E-state index >= 15 is 0 Å². The van der Waals surface area contributed by atoms with E-state index in [9.17, 15) is 4.39 Å². The molecule has 2 N–H and O–H groups in total. The number of halogens is 2. The topological polar surface area (TPSA) is 44.5 Å². The maximum absolute atomic E-state index is 13.7. The van der Waals surface area contributed by atoms with Crippen molar-refractivity contribution in [1.29, 1.82) is 0 Å². The highest BCUT2D eigenvalue weighted by molar-refractivity contribution is 9.10. The molecule has 5 heteroatoms. The predicted octanol–water partition coefficient (Wildman–Crippen LogP) is 2.72. The summed E-state index contributed by atoms with van der Waals surface area (Å²) < 4.78 is 19.4. The number of methoxy groups -OCH3 is 1. The van der Waals surface area contributed by atoms with Gasteiger partial charge in [-0.05, 0) is 26.0 Å². The van der Waals surface area contributed by atoms with Gasteiger partial charge in [0, 0.05) is 4.47 Å². The Balaban J connectivity index is 3.39. The Morgan fingerprint density at radius 1 is 1.40 bits per heavy atom. The van der Waals surface area contributed by atoms with Gasteiger partial charge in [-0.1, -0.05) is 15.9 Å². The van der Waals surface area contributed by atoms with E-state index in [1.165, 1.54) is 13.2 Å². The zero-order chi connectivity index (χ0) is 11.6. The highest BCUT2D eigenvalue weighted by Crippen LogP contribution is 2.36. The second-order valence-corrected chi connectivity index (χ2v) is 4.51. The molecule has 0 bridgehead atoms. The van der Waals surface area contributed by atoms with E-state index in [0.717, 1.165) is 0 Å². The van der Waals surface area contributed by atoms with Crippen LogP contribution in [0.2, 0.25) is 0 Å². The Morgan fingerprint density at radius 3 is 2.47 bits per heavy atom. The van der Waals surface area contributed by atoms with Gasteiger partial charge in [0.25, 0.3) is 0 Å². The molecule has 3 nitrogen and oxygen atoms in total. The molecule has 0 aromatic heterocycles. The molecular weight excluding hydrogens is 265 g/mol. The third-order valence-electron chi connectivity index (χ3n) is 2.14. The third-order valence-corrected chi connectivity index (χ3v) is 2.59. The summed E-state index contributed by atoms with van der Waals surface area (Å²) in [5, 5.41) is 0. The van der Waals surface area contributed by atoms with Crippen molar-refractivity contribution in [3.05, 3.63) is 28.0 Å². The molecule has 0 unspecified atom stereocenters. The Hall–Kier alpha value is -0.650. The molecule has 0 aliphatic heterocycles. The Labute approximate surface area is 96.4 Å². The van der Waals surface area contributed by atoms with Crippen molar-refractivity contribution in [2.75, 3.05) is 7.11 Å². The molecule has 0 saturated heterocycles. The molecule has 0 heterocycles. The SMILES string of the molecule is COc1cc(Br)cc(F)c1C(C)(C)ON. The number of benzene rings is 1. The second-order valence-electron chi connectivity index (χ2n) is 3.59. The summed E-state index contributed by atoms with van der Waals surface area (Å²) in [5.41, 5.74) is -0.633. The van der Waals surface area contributed by atoms with Crippen LogP contribution in [0.5, 0.6) is 5.75 Å². The van der Waals surface area contributed by atoms with Crippen LogP contribution in [0.15, 0.2) is 16.6 Å². The molecular formula is C10H13BrFNO2. The molecule has 0 saturated carbocycles. The summed E-state index contributed by atoms with van der Waals surface area (Å²) in [7, 11) is 1.47. The van der Waals surface area contributed by atoms with Crippen LogP contribution in [0, 0.1) is 5.82 Å². The van der Waals surface area contributed by atoms with E-state index in [4.69, 9.17) is 15.5 Å². The van der Waals surface area contributed by atoms with Crippen molar-refractivity contribution in [3.8, 4) is 5.75 Å². The minimum atomic E-state index is -0.934. The van der Waals surface area contributed by atoms with Crippen LogP contribution in [0.3, 0.4) is 0 Å². The van der Waals surface area contributed by atoms with Gasteiger partial charge >= 0.3 is 0 Å². The lowest BCUT2D eigenvalue weighted by molar-refractivity contribution is -0.0276. The van der Waals surface area contributed by atoms with Crippen molar-refractivity contribution in [1.82, 2.24) is 0 Å². The van der Waals surface area contributed by atoms with Crippen LogP contribution in [0.4, 0.5) is 4.39 Å². The van der Waals surface area contributed by atoms with E-state index in [2.05, 4.69) is 15.9 Å². The van der Waals surface area contributed by atoms with Crippen LogP contribution in [-0.2, 0) is 10.4 Å². The van der Waals surface area contributed by atoms with Gasteiger partial charge in [-0.25, -0.2) is 10.3 Å². The lowest BCUT2D eigenvalue weighted by atomic mass is 9.96. The molecule has 0 aliphatic carbocycles. The maximum Gasteiger partial charge on any atom is 0.134 e. The van der Waals surface area contributed by atoms with E-state index in [-0.39, 0.29) is 0 Å². The lowest BCUT2D eigenvalue weighted by Gasteiger charge is -2.25. The second kappa shape index (κ2) is 4.47. The van der Waals surface area contributed by atoms with Crippen LogP contribution in [0.25, 0.3) is 0 Å². The van der Waals surface area contributed by atoms with Gasteiger partial charge in [0.1, 0.15) is 17.2 Å². The average Bonchev–Trinajstić information content (AvgIpc) is 2.15. The number of hydrogen-bond acceptors (Lipinski definition) is 3. The molecule has 1 aromatic rings.